The highest BCUT2D eigenvalue weighted by Gasteiger charge is 2.11. The van der Waals surface area contributed by atoms with Crippen molar-refractivity contribution in [3.05, 3.63) is 64.1 Å². The Morgan fingerprint density at radius 3 is 2.64 bits per heavy atom. The Morgan fingerprint density at radius 2 is 1.93 bits per heavy atom. The minimum atomic E-state index is -0.422. The van der Waals surface area contributed by atoms with Crippen LogP contribution in [-0.4, -0.2) is 37.0 Å². The molecule has 3 aromatic heterocycles. The van der Waals surface area contributed by atoms with Gasteiger partial charge in [-0.05, 0) is 46.1 Å². The van der Waals surface area contributed by atoms with E-state index < -0.39 is 5.91 Å². The Morgan fingerprint density at radius 1 is 1.07 bits per heavy atom. The maximum atomic E-state index is 12.2. The molecule has 28 heavy (non-hydrogen) atoms. The van der Waals surface area contributed by atoms with Crippen LogP contribution in [0.2, 0.25) is 0 Å². The third-order valence-electron chi connectivity index (χ3n) is 3.72. The predicted octanol–water partition coefficient (Wildman–Crippen LogP) is 1.85. The van der Waals surface area contributed by atoms with E-state index in [1.165, 1.54) is 22.3 Å². The summed E-state index contributed by atoms with van der Waals surface area (Å²) < 4.78 is 1.47. The molecule has 0 aliphatic rings. The molecule has 140 valence electrons. The number of nitrogens with zero attached hydrogens (tertiary/aromatic N) is 5. The van der Waals surface area contributed by atoms with Gasteiger partial charge in [0.15, 0.2) is 0 Å². The van der Waals surface area contributed by atoms with Crippen LogP contribution in [0, 0.1) is 0 Å². The summed E-state index contributed by atoms with van der Waals surface area (Å²) >= 11 is 3.08. The summed E-state index contributed by atoms with van der Waals surface area (Å²) in [6, 6.07) is 8.62. The Labute approximate surface area is 167 Å². The van der Waals surface area contributed by atoms with Crippen LogP contribution in [0.1, 0.15) is 16.1 Å². The number of benzene rings is 1. The molecule has 0 radical (unpaired) electrons. The number of carbonyl (C=O) groups is 2. The maximum Gasteiger partial charge on any atom is 0.269 e. The molecule has 0 aliphatic carbocycles. The van der Waals surface area contributed by atoms with Crippen molar-refractivity contribution in [1.29, 1.82) is 0 Å². The number of nitrogens with one attached hydrogen (secondary N) is 2. The highest BCUT2D eigenvalue weighted by molar-refractivity contribution is 7.14. The van der Waals surface area contributed by atoms with E-state index in [9.17, 15) is 9.59 Å². The van der Waals surface area contributed by atoms with E-state index >= 15 is 0 Å². The summed E-state index contributed by atoms with van der Waals surface area (Å²) in [5, 5.41) is 17.6. The van der Waals surface area contributed by atoms with E-state index in [0.717, 1.165) is 16.3 Å². The number of amides is 2. The average molecular weight is 411 g/mol. The van der Waals surface area contributed by atoms with Crippen molar-refractivity contribution in [2.75, 3.05) is 0 Å². The molecule has 0 unspecified atom stereocenters. The molecule has 0 atom stereocenters. The van der Waals surface area contributed by atoms with Gasteiger partial charge in [0.1, 0.15) is 11.3 Å². The molecule has 0 aliphatic heterocycles. The van der Waals surface area contributed by atoms with Gasteiger partial charge in [-0.3, -0.25) is 20.4 Å². The van der Waals surface area contributed by atoms with E-state index in [4.69, 9.17) is 0 Å². The molecule has 11 heteroatoms. The van der Waals surface area contributed by atoms with Gasteiger partial charge in [0.25, 0.3) is 5.91 Å². The first-order valence-electron chi connectivity index (χ1n) is 8.08. The lowest BCUT2D eigenvalue weighted by Gasteiger charge is -2.07. The van der Waals surface area contributed by atoms with Crippen LogP contribution in [0.25, 0.3) is 16.3 Å². The number of carbonyl (C=O) groups excluding carboxylic acids is 2. The van der Waals surface area contributed by atoms with Gasteiger partial charge < -0.3 is 0 Å². The van der Waals surface area contributed by atoms with Crippen LogP contribution in [0.15, 0.2) is 52.8 Å². The van der Waals surface area contributed by atoms with Gasteiger partial charge >= 0.3 is 0 Å². The molecule has 2 N–H and O–H groups in total. The summed E-state index contributed by atoms with van der Waals surface area (Å²) in [5.41, 5.74) is 7.62. The Kier molecular flexibility index (Phi) is 5.17. The predicted molar refractivity (Wildman–Crippen MR) is 104 cm³/mol. The van der Waals surface area contributed by atoms with Crippen molar-refractivity contribution in [3.63, 3.8) is 0 Å². The van der Waals surface area contributed by atoms with Crippen LogP contribution in [0.3, 0.4) is 0 Å². The van der Waals surface area contributed by atoms with Gasteiger partial charge in [-0.2, -0.15) is 11.3 Å². The second-order valence-corrected chi connectivity index (χ2v) is 7.27. The highest BCUT2D eigenvalue weighted by Crippen LogP contribution is 2.25. The number of hydrogen-bond acceptors (Lipinski definition) is 8. The minimum absolute atomic E-state index is 0.0825. The van der Waals surface area contributed by atoms with Crippen molar-refractivity contribution in [1.82, 2.24) is 36.0 Å². The fraction of sp³-hybridized carbons (Fsp3) is 0.0588. The maximum absolute atomic E-state index is 12.2. The zero-order valence-electron chi connectivity index (χ0n) is 14.3. The Bertz CT molecular complexity index is 1070. The summed E-state index contributed by atoms with van der Waals surface area (Å²) in [4.78, 5) is 28.7. The third-order valence-corrected chi connectivity index (χ3v) is 5.34. The zero-order valence-corrected chi connectivity index (χ0v) is 15.9. The second kappa shape index (κ2) is 8.06. The first kappa shape index (κ1) is 17.9. The fourth-order valence-corrected chi connectivity index (χ4v) is 3.89. The van der Waals surface area contributed by atoms with Crippen LogP contribution in [-0.2, 0) is 11.2 Å². The third kappa shape index (κ3) is 4.10. The monoisotopic (exact) mass is 411 g/mol. The minimum Gasteiger partial charge on any atom is -0.273 e. The first-order chi connectivity index (χ1) is 13.7. The fourth-order valence-electron chi connectivity index (χ4n) is 2.36. The molecule has 0 bridgehead atoms. The van der Waals surface area contributed by atoms with E-state index in [1.54, 1.807) is 35.6 Å². The van der Waals surface area contributed by atoms with Crippen LogP contribution in [0.4, 0.5) is 0 Å². The molecule has 0 fully saturated rings. The molecule has 3 heterocycles. The van der Waals surface area contributed by atoms with Crippen LogP contribution in [0.5, 0.6) is 0 Å². The van der Waals surface area contributed by atoms with Crippen molar-refractivity contribution < 1.29 is 9.59 Å². The van der Waals surface area contributed by atoms with E-state index in [1.807, 2.05) is 22.2 Å². The molecule has 0 saturated carbocycles. The smallest absolute Gasteiger partial charge is 0.269 e. The van der Waals surface area contributed by atoms with Gasteiger partial charge in [-0.1, -0.05) is 0 Å². The lowest BCUT2D eigenvalue weighted by molar-refractivity contribution is -0.121. The molecule has 1 aromatic carbocycles. The quantitative estimate of drug-likeness (QED) is 0.485. The van der Waals surface area contributed by atoms with Gasteiger partial charge in [-0.25, -0.2) is 9.67 Å². The number of thiophene rings is 1. The summed E-state index contributed by atoms with van der Waals surface area (Å²) in [7, 11) is 0. The standard InChI is InChI=1S/C17H13N7O2S2/c25-15(7-13-9-28-17(19-13)12-5-6-27-8-12)20-21-16(26)11-1-3-14(4-2-11)24-10-18-22-23-24/h1-6,8-10H,7H2,(H,20,25)(H,21,26). The molecule has 4 rings (SSSR count). The number of hydrazine groups is 1. The highest BCUT2D eigenvalue weighted by atomic mass is 32.1. The van der Waals surface area contributed by atoms with Gasteiger partial charge in [0, 0.05) is 21.9 Å². The lowest BCUT2D eigenvalue weighted by Crippen LogP contribution is -2.42. The van der Waals surface area contributed by atoms with E-state index in [-0.39, 0.29) is 12.3 Å². The molecule has 9 nitrogen and oxygen atoms in total. The van der Waals surface area contributed by atoms with Gasteiger partial charge in [-0.15, -0.1) is 16.4 Å². The second-order valence-electron chi connectivity index (χ2n) is 5.64. The van der Waals surface area contributed by atoms with Crippen LogP contribution < -0.4 is 10.9 Å². The van der Waals surface area contributed by atoms with E-state index in [2.05, 4.69) is 31.4 Å². The first-order valence-corrected chi connectivity index (χ1v) is 9.91. The van der Waals surface area contributed by atoms with Crippen molar-refractivity contribution >= 4 is 34.5 Å². The number of rotatable bonds is 5. The number of aromatic nitrogens is 5. The summed E-state index contributed by atoms with van der Waals surface area (Å²) in [6.07, 6.45) is 1.54. The number of hydrogen-bond donors (Lipinski definition) is 2. The number of thiazole rings is 1. The lowest BCUT2D eigenvalue weighted by atomic mass is 10.2. The molecule has 2 amide bonds. The van der Waals surface area contributed by atoms with Crippen molar-refractivity contribution in [3.8, 4) is 16.3 Å². The zero-order chi connectivity index (χ0) is 19.3. The topological polar surface area (TPSA) is 115 Å². The SMILES string of the molecule is O=C(Cc1csc(-c2ccsc2)n1)NNC(=O)c1ccc(-n2cnnn2)cc1. The normalized spacial score (nSPS) is 10.6. The van der Waals surface area contributed by atoms with Crippen molar-refractivity contribution in [2.24, 2.45) is 0 Å². The molecular weight excluding hydrogens is 398 g/mol. The summed E-state index contributed by atoms with van der Waals surface area (Å²) in [5.74, 6) is -0.769. The average Bonchev–Trinajstić information content (AvgIpc) is 3.48. The largest absolute Gasteiger partial charge is 0.273 e. The number of tetrazole rings is 1. The van der Waals surface area contributed by atoms with Crippen LogP contribution >= 0.6 is 22.7 Å². The van der Waals surface area contributed by atoms with Crippen molar-refractivity contribution in [2.45, 2.75) is 6.42 Å². The van der Waals surface area contributed by atoms with E-state index in [0.29, 0.717) is 11.3 Å². The molecular formula is C17H13N7O2S2. The molecule has 4 aromatic rings. The molecule has 0 saturated heterocycles. The van der Waals surface area contributed by atoms with Gasteiger partial charge in [0.2, 0.25) is 5.91 Å². The molecule has 0 spiro atoms. The Balaban J connectivity index is 1.30. The Hall–Kier alpha value is -3.44. The van der Waals surface area contributed by atoms with Gasteiger partial charge in [0.05, 0.1) is 17.8 Å². The summed E-state index contributed by atoms with van der Waals surface area (Å²) in [6.45, 7) is 0.